The van der Waals surface area contributed by atoms with Gasteiger partial charge in [0.05, 0.1) is 11.9 Å². The lowest BCUT2D eigenvalue weighted by molar-refractivity contribution is 0.209. The molecule has 9 heteroatoms. The van der Waals surface area contributed by atoms with E-state index in [9.17, 15) is 4.79 Å². The highest BCUT2D eigenvalue weighted by Crippen LogP contribution is 2.27. The van der Waals surface area contributed by atoms with E-state index in [1.807, 2.05) is 19.3 Å². The summed E-state index contributed by atoms with van der Waals surface area (Å²) in [5.74, 6) is 0.441. The minimum atomic E-state index is -1.15. The normalized spacial score (nSPS) is 10.7. The molecular weight excluding hydrogens is 374 g/mol. The van der Waals surface area contributed by atoms with E-state index in [4.69, 9.17) is 14.9 Å². The van der Waals surface area contributed by atoms with E-state index >= 15 is 0 Å². The number of nitrogens with one attached hydrogen (secondary N) is 1. The van der Waals surface area contributed by atoms with Gasteiger partial charge in [0.25, 0.3) is 0 Å². The number of ether oxygens (including phenoxy) is 1. The zero-order valence-corrected chi connectivity index (χ0v) is 16.1. The van der Waals surface area contributed by atoms with Crippen molar-refractivity contribution in [1.82, 2.24) is 19.7 Å². The molecule has 0 spiro atoms. The van der Waals surface area contributed by atoms with Gasteiger partial charge in [0.1, 0.15) is 5.75 Å². The van der Waals surface area contributed by atoms with Crippen molar-refractivity contribution in [3.8, 4) is 23.0 Å². The Bertz CT molecular complexity index is 973. The maximum Gasteiger partial charge on any atom is 0.409 e. The van der Waals surface area contributed by atoms with Crippen molar-refractivity contribution >= 4 is 11.8 Å². The number of amides is 1. The number of nitrogens with zero attached hydrogens (tertiary/aromatic N) is 4. The highest BCUT2D eigenvalue weighted by molar-refractivity contribution is 5.83. The zero-order chi connectivity index (χ0) is 20.6. The second-order valence-electron chi connectivity index (χ2n) is 6.56. The van der Waals surface area contributed by atoms with E-state index in [0.29, 0.717) is 17.1 Å². The van der Waals surface area contributed by atoms with E-state index in [-0.39, 0.29) is 12.6 Å². The number of anilines is 1. The molecule has 0 saturated carbocycles. The largest absolute Gasteiger partial charge is 0.465 e. The fraction of sp³-hybridized carbons (Fsp3) is 0.300. The van der Waals surface area contributed by atoms with Gasteiger partial charge >= 0.3 is 12.1 Å². The first-order chi connectivity index (χ1) is 14.0. The molecule has 9 nitrogen and oxygen atoms in total. The SMILES string of the molecule is Cn1cc(-c2ccnc(Oc3cc(CCCCCO)cc(NC(=O)O)c3)n2)cn1. The van der Waals surface area contributed by atoms with Gasteiger partial charge in [-0.05, 0) is 43.0 Å². The lowest BCUT2D eigenvalue weighted by Gasteiger charge is -2.10. The van der Waals surface area contributed by atoms with Crippen molar-refractivity contribution in [2.24, 2.45) is 7.05 Å². The average Bonchev–Trinajstić information content (AvgIpc) is 3.11. The van der Waals surface area contributed by atoms with Crippen molar-refractivity contribution in [2.45, 2.75) is 25.7 Å². The molecule has 0 aliphatic heterocycles. The Labute approximate surface area is 168 Å². The van der Waals surface area contributed by atoms with E-state index < -0.39 is 6.09 Å². The summed E-state index contributed by atoms with van der Waals surface area (Å²) in [6.45, 7) is 0.166. The molecule has 0 bridgehead atoms. The maximum absolute atomic E-state index is 11.0. The first-order valence-electron chi connectivity index (χ1n) is 9.28. The second kappa shape index (κ2) is 9.65. The Morgan fingerprint density at radius 1 is 1.24 bits per heavy atom. The number of hydrogen-bond acceptors (Lipinski definition) is 6. The van der Waals surface area contributed by atoms with Crippen LogP contribution in [0, 0.1) is 0 Å². The summed E-state index contributed by atoms with van der Waals surface area (Å²) in [5.41, 5.74) is 2.85. The van der Waals surface area contributed by atoms with Crippen LogP contribution in [0.4, 0.5) is 10.5 Å². The Morgan fingerprint density at radius 2 is 2.10 bits per heavy atom. The van der Waals surface area contributed by atoms with Crippen LogP contribution in [-0.4, -0.2) is 42.7 Å². The number of carbonyl (C=O) groups is 1. The molecule has 2 heterocycles. The molecule has 2 aromatic heterocycles. The molecule has 3 aromatic rings. The summed E-state index contributed by atoms with van der Waals surface area (Å²) in [6.07, 6.45) is 7.24. The van der Waals surface area contributed by atoms with Gasteiger partial charge < -0.3 is 14.9 Å². The van der Waals surface area contributed by atoms with Crippen molar-refractivity contribution in [1.29, 1.82) is 0 Å². The van der Waals surface area contributed by atoms with Gasteiger partial charge in [-0.25, -0.2) is 9.78 Å². The van der Waals surface area contributed by atoms with Gasteiger partial charge in [-0.15, -0.1) is 0 Å². The molecule has 29 heavy (non-hydrogen) atoms. The number of carboxylic acid groups (broad SMARTS) is 1. The molecule has 0 aliphatic carbocycles. The first-order valence-corrected chi connectivity index (χ1v) is 9.28. The summed E-state index contributed by atoms with van der Waals surface area (Å²) in [4.78, 5) is 19.6. The lowest BCUT2D eigenvalue weighted by atomic mass is 10.1. The molecule has 1 amide bonds. The highest BCUT2D eigenvalue weighted by Gasteiger charge is 2.09. The molecule has 0 atom stereocenters. The summed E-state index contributed by atoms with van der Waals surface area (Å²) in [5, 5.41) is 24.4. The van der Waals surface area contributed by atoms with Gasteiger partial charge in [-0.3, -0.25) is 10.00 Å². The summed E-state index contributed by atoms with van der Waals surface area (Å²) in [6, 6.07) is 7.12. The van der Waals surface area contributed by atoms with Crippen LogP contribution in [0.2, 0.25) is 0 Å². The van der Waals surface area contributed by atoms with Crippen LogP contribution in [0.25, 0.3) is 11.3 Å². The number of aryl methyl sites for hydroxylation is 2. The number of hydrogen-bond donors (Lipinski definition) is 3. The standard InChI is InChI=1S/C20H23N5O4/c1-25-13-15(12-22-25)18-6-7-21-19(24-18)29-17-10-14(5-3-2-4-8-26)9-16(11-17)23-20(27)28/h6-7,9-13,23,26H,2-5,8H2,1H3,(H,27,28). The molecule has 0 aliphatic rings. The van der Waals surface area contributed by atoms with Gasteiger partial charge in [-0.2, -0.15) is 10.1 Å². The van der Waals surface area contributed by atoms with E-state index in [0.717, 1.165) is 36.8 Å². The zero-order valence-electron chi connectivity index (χ0n) is 16.1. The van der Waals surface area contributed by atoms with Crippen LogP contribution in [0.1, 0.15) is 24.8 Å². The summed E-state index contributed by atoms with van der Waals surface area (Å²) >= 11 is 0. The summed E-state index contributed by atoms with van der Waals surface area (Å²) in [7, 11) is 1.82. The predicted molar refractivity (Wildman–Crippen MR) is 107 cm³/mol. The van der Waals surface area contributed by atoms with Crippen LogP contribution < -0.4 is 10.1 Å². The lowest BCUT2D eigenvalue weighted by Crippen LogP contribution is -2.07. The van der Waals surface area contributed by atoms with Crippen molar-refractivity contribution in [3.05, 3.63) is 48.4 Å². The molecule has 0 radical (unpaired) electrons. The molecular formula is C20H23N5O4. The Morgan fingerprint density at radius 3 is 2.83 bits per heavy atom. The van der Waals surface area contributed by atoms with Crippen LogP contribution in [-0.2, 0) is 13.5 Å². The number of benzene rings is 1. The van der Waals surface area contributed by atoms with Crippen LogP contribution in [0.5, 0.6) is 11.8 Å². The average molecular weight is 397 g/mol. The molecule has 3 rings (SSSR count). The van der Waals surface area contributed by atoms with E-state index in [1.54, 1.807) is 35.3 Å². The third kappa shape index (κ3) is 6.01. The number of rotatable bonds is 9. The Hall–Kier alpha value is -3.46. The first kappa shape index (κ1) is 20.3. The quantitative estimate of drug-likeness (QED) is 0.473. The number of unbranched alkanes of at least 4 members (excludes halogenated alkanes) is 2. The minimum absolute atomic E-state index is 0.157. The second-order valence-corrected chi connectivity index (χ2v) is 6.56. The van der Waals surface area contributed by atoms with Crippen LogP contribution in [0.3, 0.4) is 0 Å². The number of aliphatic hydroxyl groups excluding tert-OH is 1. The monoisotopic (exact) mass is 397 g/mol. The molecule has 152 valence electrons. The third-order valence-electron chi connectivity index (χ3n) is 4.18. The van der Waals surface area contributed by atoms with Crippen molar-refractivity contribution in [3.63, 3.8) is 0 Å². The molecule has 0 fully saturated rings. The van der Waals surface area contributed by atoms with Crippen LogP contribution in [0.15, 0.2) is 42.9 Å². The fourth-order valence-electron chi connectivity index (χ4n) is 2.89. The Balaban J connectivity index is 1.80. The van der Waals surface area contributed by atoms with Gasteiger partial charge in [0, 0.05) is 43.4 Å². The predicted octanol–water partition coefficient (Wildman–Crippen LogP) is 3.46. The van der Waals surface area contributed by atoms with Gasteiger partial charge in [0.2, 0.25) is 0 Å². The maximum atomic E-state index is 11.0. The highest BCUT2D eigenvalue weighted by atomic mass is 16.5. The van der Waals surface area contributed by atoms with E-state index in [1.165, 1.54) is 0 Å². The smallest absolute Gasteiger partial charge is 0.409 e. The van der Waals surface area contributed by atoms with E-state index in [2.05, 4.69) is 20.4 Å². The molecule has 1 aromatic carbocycles. The third-order valence-corrected chi connectivity index (χ3v) is 4.18. The van der Waals surface area contributed by atoms with Gasteiger partial charge in [-0.1, -0.05) is 6.42 Å². The number of aliphatic hydroxyl groups is 1. The minimum Gasteiger partial charge on any atom is -0.465 e. The summed E-state index contributed by atoms with van der Waals surface area (Å²) < 4.78 is 7.50. The van der Waals surface area contributed by atoms with Gasteiger partial charge in [0.15, 0.2) is 0 Å². The molecule has 0 unspecified atom stereocenters. The Kier molecular flexibility index (Phi) is 6.75. The topological polar surface area (TPSA) is 122 Å². The molecule has 0 saturated heterocycles. The van der Waals surface area contributed by atoms with Crippen LogP contribution >= 0.6 is 0 Å². The fourth-order valence-corrected chi connectivity index (χ4v) is 2.89. The van der Waals surface area contributed by atoms with Crippen molar-refractivity contribution < 1.29 is 19.7 Å². The number of aromatic nitrogens is 4. The van der Waals surface area contributed by atoms with Crippen molar-refractivity contribution in [2.75, 3.05) is 11.9 Å². The molecule has 3 N–H and O–H groups in total.